The van der Waals surface area contributed by atoms with Gasteiger partial charge in [0.05, 0.1) is 6.04 Å². The van der Waals surface area contributed by atoms with Crippen molar-refractivity contribution in [3.05, 3.63) is 96.6 Å². The summed E-state index contributed by atoms with van der Waals surface area (Å²) in [7, 11) is -2.77. The van der Waals surface area contributed by atoms with Crippen molar-refractivity contribution in [1.82, 2.24) is 4.67 Å². The maximum atomic E-state index is 14.1. The molecule has 4 rings (SSSR count). The van der Waals surface area contributed by atoms with E-state index in [1.54, 1.807) is 0 Å². The summed E-state index contributed by atoms with van der Waals surface area (Å²) in [6.07, 6.45) is 0. The molecule has 1 saturated heterocycles. The highest BCUT2D eigenvalue weighted by Crippen LogP contribution is 2.59. The third-order valence-electron chi connectivity index (χ3n) is 4.34. The van der Waals surface area contributed by atoms with Crippen molar-refractivity contribution in [1.29, 1.82) is 0 Å². The van der Waals surface area contributed by atoms with Crippen LogP contribution in [0.3, 0.4) is 0 Å². The lowest BCUT2D eigenvalue weighted by atomic mass is 10.2. The van der Waals surface area contributed by atoms with Crippen LogP contribution in [-0.2, 0) is 4.57 Å². The summed E-state index contributed by atoms with van der Waals surface area (Å²) in [5.41, 5.74) is 1.24. The molecule has 23 heavy (non-hydrogen) atoms. The van der Waals surface area contributed by atoms with Crippen molar-refractivity contribution in [3.8, 4) is 0 Å². The van der Waals surface area contributed by atoms with Crippen LogP contribution in [0.25, 0.3) is 0 Å². The van der Waals surface area contributed by atoms with Crippen molar-refractivity contribution < 1.29 is 4.57 Å². The SMILES string of the molecule is O=P(c1ccccc1)(c1ccccc1)N1CC1c1ccccc1. The number of hydrogen-bond acceptors (Lipinski definition) is 1. The van der Waals surface area contributed by atoms with E-state index in [2.05, 4.69) is 16.8 Å². The second-order valence-electron chi connectivity index (χ2n) is 5.80. The molecule has 3 aromatic rings. The van der Waals surface area contributed by atoms with Gasteiger partial charge in [0.1, 0.15) is 0 Å². The Kier molecular flexibility index (Phi) is 3.65. The Hall–Kier alpha value is -2.15. The van der Waals surface area contributed by atoms with Gasteiger partial charge >= 0.3 is 0 Å². The third kappa shape index (κ3) is 2.55. The molecule has 2 unspecified atom stereocenters. The van der Waals surface area contributed by atoms with E-state index in [0.717, 1.165) is 17.2 Å². The van der Waals surface area contributed by atoms with E-state index >= 15 is 0 Å². The number of hydrogen-bond donors (Lipinski definition) is 0. The maximum absolute atomic E-state index is 14.1. The standard InChI is InChI=1S/C20H18NOP/c22-23(18-12-6-2-7-13-18,19-14-8-3-9-15-19)21-16-20(21)17-10-4-1-5-11-17/h1-15,20H,16H2. The monoisotopic (exact) mass is 319 g/mol. The van der Waals surface area contributed by atoms with E-state index < -0.39 is 7.29 Å². The minimum absolute atomic E-state index is 0.238. The lowest BCUT2D eigenvalue weighted by Gasteiger charge is -2.21. The molecule has 1 heterocycles. The van der Waals surface area contributed by atoms with E-state index in [1.165, 1.54) is 5.56 Å². The van der Waals surface area contributed by atoms with E-state index in [-0.39, 0.29) is 6.04 Å². The fraction of sp³-hybridized carbons (Fsp3) is 0.100. The molecule has 1 aliphatic heterocycles. The van der Waals surface area contributed by atoms with Gasteiger partial charge in [0.2, 0.25) is 7.29 Å². The molecular weight excluding hydrogens is 301 g/mol. The van der Waals surface area contributed by atoms with Crippen LogP contribution in [0.2, 0.25) is 0 Å². The quantitative estimate of drug-likeness (QED) is 0.535. The van der Waals surface area contributed by atoms with Gasteiger partial charge in [0.25, 0.3) is 0 Å². The first-order chi connectivity index (χ1) is 11.3. The predicted octanol–water partition coefficient (Wildman–Crippen LogP) is 3.97. The van der Waals surface area contributed by atoms with Crippen LogP contribution in [0.4, 0.5) is 0 Å². The Morgan fingerprint density at radius 3 is 1.61 bits per heavy atom. The first kappa shape index (κ1) is 14.4. The zero-order valence-electron chi connectivity index (χ0n) is 12.7. The van der Waals surface area contributed by atoms with Gasteiger partial charge < -0.3 is 0 Å². The molecule has 0 N–H and O–H groups in total. The Labute approximate surface area is 136 Å². The van der Waals surface area contributed by atoms with Gasteiger partial charge in [-0.25, -0.2) is 4.67 Å². The summed E-state index contributed by atoms with van der Waals surface area (Å²) in [5, 5.41) is 1.81. The summed E-state index contributed by atoms with van der Waals surface area (Å²) < 4.78 is 16.2. The highest BCUT2D eigenvalue weighted by atomic mass is 31.2. The molecule has 1 aliphatic rings. The van der Waals surface area contributed by atoms with Crippen LogP contribution < -0.4 is 10.6 Å². The van der Waals surface area contributed by atoms with Gasteiger partial charge in [-0.1, -0.05) is 66.7 Å². The molecule has 2 atom stereocenters. The zero-order valence-corrected chi connectivity index (χ0v) is 13.6. The van der Waals surface area contributed by atoms with Gasteiger partial charge in [-0.15, -0.1) is 0 Å². The molecule has 0 aromatic heterocycles. The molecule has 2 nitrogen and oxygen atoms in total. The summed E-state index contributed by atoms with van der Waals surface area (Å²) >= 11 is 0. The van der Waals surface area contributed by atoms with Crippen LogP contribution in [0.15, 0.2) is 91.0 Å². The lowest BCUT2D eigenvalue weighted by molar-refractivity contribution is 0.559. The minimum Gasteiger partial charge on any atom is -0.296 e. The Balaban J connectivity index is 1.78. The van der Waals surface area contributed by atoms with Crippen LogP contribution >= 0.6 is 7.29 Å². The smallest absolute Gasteiger partial charge is 0.207 e. The summed E-state index contributed by atoms with van der Waals surface area (Å²) in [5.74, 6) is 0. The van der Waals surface area contributed by atoms with Crippen molar-refractivity contribution in [2.24, 2.45) is 0 Å². The van der Waals surface area contributed by atoms with Crippen molar-refractivity contribution >= 4 is 17.9 Å². The summed E-state index contributed by atoms with van der Waals surface area (Å²) in [6.45, 7) is 0.838. The first-order valence-corrected chi connectivity index (χ1v) is 9.49. The van der Waals surface area contributed by atoms with Crippen molar-refractivity contribution in [2.75, 3.05) is 6.54 Å². The molecule has 0 saturated carbocycles. The largest absolute Gasteiger partial charge is 0.296 e. The maximum Gasteiger partial charge on any atom is 0.207 e. The second-order valence-corrected chi connectivity index (χ2v) is 8.49. The van der Waals surface area contributed by atoms with Crippen LogP contribution in [0.5, 0.6) is 0 Å². The molecule has 0 amide bonds. The van der Waals surface area contributed by atoms with Gasteiger partial charge in [-0.2, -0.15) is 0 Å². The van der Waals surface area contributed by atoms with Crippen LogP contribution in [-0.4, -0.2) is 11.2 Å². The Bertz CT molecular complexity index is 790. The number of rotatable bonds is 4. The van der Waals surface area contributed by atoms with Gasteiger partial charge in [0, 0.05) is 17.2 Å². The molecule has 0 bridgehead atoms. The summed E-state index contributed by atoms with van der Waals surface area (Å²) in [6, 6.07) is 30.3. The highest BCUT2D eigenvalue weighted by molar-refractivity contribution is 7.76. The molecule has 1 fully saturated rings. The Morgan fingerprint density at radius 1 is 0.696 bits per heavy atom. The van der Waals surface area contributed by atoms with E-state index in [4.69, 9.17) is 0 Å². The topological polar surface area (TPSA) is 20.1 Å². The minimum atomic E-state index is -2.77. The highest BCUT2D eigenvalue weighted by Gasteiger charge is 2.49. The second kappa shape index (κ2) is 5.81. The molecule has 3 heteroatoms. The van der Waals surface area contributed by atoms with Crippen molar-refractivity contribution in [2.45, 2.75) is 6.04 Å². The molecule has 114 valence electrons. The predicted molar refractivity (Wildman–Crippen MR) is 95.6 cm³/mol. The Morgan fingerprint density at radius 2 is 1.13 bits per heavy atom. The van der Waals surface area contributed by atoms with Gasteiger partial charge in [0.15, 0.2) is 0 Å². The lowest BCUT2D eigenvalue weighted by Crippen LogP contribution is -2.21. The fourth-order valence-electron chi connectivity index (χ4n) is 3.10. The van der Waals surface area contributed by atoms with Gasteiger partial charge in [-0.05, 0) is 29.8 Å². The third-order valence-corrected chi connectivity index (χ3v) is 7.51. The van der Waals surface area contributed by atoms with Crippen LogP contribution in [0.1, 0.15) is 11.6 Å². The molecule has 0 aliphatic carbocycles. The number of nitrogens with zero attached hydrogens (tertiary/aromatic N) is 1. The fourth-order valence-corrected chi connectivity index (χ4v) is 6.05. The van der Waals surface area contributed by atoms with Crippen molar-refractivity contribution in [3.63, 3.8) is 0 Å². The van der Waals surface area contributed by atoms with Crippen LogP contribution in [0, 0.1) is 0 Å². The average Bonchev–Trinajstić information content (AvgIpc) is 3.45. The van der Waals surface area contributed by atoms with E-state index in [1.807, 2.05) is 78.9 Å². The average molecular weight is 319 g/mol. The first-order valence-electron chi connectivity index (χ1n) is 7.83. The van der Waals surface area contributed by atoms with E-state index in [9.17, 15) is 4.57 Å². The number of benzene rings is 3. The molecule has 0 spiro atoms. The van der Waals surface area contributed by atoms with Gasteiger partial charge in [-0.3, -0.25) is 4.57 Å². The molecule has 3 aromatic carbocycles. The van der Waals surface area contributed by atoms with E-state index in [0.29, 0.717) is 0 Å². The normalized spacial score (nSPS) is 20.2. The molecule has 0 radical (unpaired) electrons. The summed E-state index contributed by atoms with van der Waals surface area (Å²) in [4.78, 5) is 0. The molecular formula is C20H18NOP. The zero-order chi connectivity index (χ0) is 15.7.